The molecule has 0 spiro atoms. The second-order valence-corrected chi connectivity index (χ2v) is 10.3. The van der Waals surface area contributed by atoms with Crippen molar-refractivity contribution in [2.45, 2.75) is 58.9 Å². The molecule has 38 heavy (non-hydrogen) atoms. The van der Waals surface area contributed by atoms with Crippen molar-refractivity contribution in [2.24, 2.45) is 0 Å². The molecule has 6 nitrogen and oxygen atoms in total. The van der Waals surface area contributed by atoms with Crippen LogP contribution in [0.1, 0.15) is 62.4 Å². The van der Waals surface area contributed by atoms with Crippen LogP contribution in [0, 0.1) is 6.92 Å². The Morgan fingerprint density at radius 2 is 1.82 bits per heavy atom. The molecule has 0 saturated carbocycles. The summed E-state index contributed by atoms with van der Waals surface area (Å²) < 4.78 is 14.1. The molecule has 0 aliphatic carbocycles. The van der Waals surface area contributed by atoms with Gasteiger partial charge in [-0.2, -0.15) is 0 Å². The minimum absolute atomic E-state index is 0.0340. The van der Waals surface area contributed by atoms with Gasteiger partial charge in [-0.05, 0) is 79.8 Å². The van der Waals surface area contributed by atoms with E-state index >= 15 is 0 Å². The number of hydrogen-bond donors (Lipinski definition) is 0. The first-order valence-electron chi connectivity index (χ1n) is 13.7. The highest BCUT2D eigenvalue weighted by Crippen LogP contribution is 2.34. The van der Waals surface area contributed by atoms with Crippen LogP contribution in [0.4, 0.5) is 5.69 Å². The normalized spacial score (nSPS) is 15.6. The molecule has 1 unspecified atom stereocenters. The van der Waals surface area contributed by atoms with Crippen LogP contribution in [-0.4, -0.2) is 35.2 Å². The summed E-state index contributed by atoms with van der Waals surface area (Å²) in [5.41, 5.74) is 5.42. The zero-order valence-electron chi connectivity index (χ0n) is 22.8. The minimum Gasteiger partial charge on any atom is -0.494 e. The van der Waals surface area contributed by atoms with E-state index in [2.05, 4.69) is 61.7 Å². The lowest BCUT2D eigenvalue weighted by Crippen LogP contribution is -2.24. The van der Waals surface area contributed by atoms with Gasteiger partial charge in [0.25, 0.3) is 0 Å². The molecule has 1 aliphatic rings. The molecule has 1 aromatic heterocycles. The first-order valence-corrected chi connectivity index (χ1v) is 13.7. The first kappa shape index (κ1) is 25.8. The van der Waals surface area contributed by atoms with Crippen LogP contribution in [-0.2, 0) is 11.3 Å². The Kier molecular flexibility index (Phi) is 7.68. The summed E-state index contributed by atoms with van der Waals surface area (Å²) in [7, 11) is 0. The van der Waals surface area contributed by atoms with Crippen molar-refractivity contribution in [1.82, 2.24) is 9.55 Å². The average Bonchev–Trinajstić information content (AvgIpc) is 3.47. The van der Waals surface area contributed by atoms with Crippen molar-refractivity contribution in [3.05, 3.63) is 83.7 Å². The molecule has 198 valence electrons. The SMILES string of the molecule is CCOc1ccc(N2CC(c3nc4ccccc4n3CCCOc3cc(C)ccc3C(C)C)CC2=O)cc1. The van der Waals surface area contributed by atoms with E-state index in [0.717, 1.165) is 47.0 Å². The number of carbonyl (C=O) groups is 1. The number of carbonyl (C=O) groups excluding carboxylic acids is 1. The number of nitrogens with zero attached hydrogens (tertiary/aromatic N) is 3. The number of amides is 1. The number of rotatable bonds is 10. The van der Waals surface area contributed by atoms with E-state index in [4.69, 9.17) is 14.5 Å². The van der Waals surface area contributed by atoms with Crippen LogP contribution in [0.25, 0.3) is 11.0 Å². The van der Waals surface area contributed by atoms with E-state index in [0.29, 0.717) is 32.1 Å². The minimum atomic E-state index is 0.0340. The van der Waals surface area contributed by atoms with Crippen molar-refractivity contribution in [2.75, 3.05) is 24.7 Å². The molecule has 1 atom stereocenters. The van der Waals surface area contributed by atoms with Crippen LogP contribution in [0.2, 0.25) is 0 Å². The molecule has 1 saturated heterocycles. The number of ether oxygens (including phenoxy) is 2. The average molecular weight is 512 g/mol. The van der Waals surface area contributed by atoms with Gasteiger partial charge < -0.3 is 18.9 Å². The van der Waals surface area contributed by atoms with Crippen molar-refractivity contribution in [3.8, 4) is 11.5 Å². The Morgan fingerprint density at radius 3 is 2.58 bits per heavy atom. The Balaban J connectivity index is 1.32. The fourth-order valence-corrected chi connectivity index (χ4v) is 5.31. The van der Waals surface area contributed by atoms with Crippen LogP contribution in [0.15, 0.2) is 66.7 Å². The topological polar surface area (TPSA) is 56.6 Å². The van der Waals surface area contributed by atoms with Gasteiger partial charge in [0, 0.05) is 31.1 Å². The molecule has 4 aromatic rings. The first-order chi connectivity index (χ1) is 18.4. The van der Waals surface area contributed by atoms with Gasteiger partial charge in [0.15, 0.2) is 0 Å². The van der Waals surface area contributed by atoms with Gasteiger partial charge in [-0.15, -0.1) is 0 Å². The maximum atomic E-state index is 13.1. The third-order valence-corrected chi connectivity index (χ3v) is 7.21. The van der Waals surface area contributed by atoms with Gasteiger partial charge >= 0.3 is 0 Å². The zero-order chi connectivity index (χ0) is 26.6. The third kappa shape index (κ3) is 5.40. The molecule has 0 radical (unpaired) electrons. The predicted molar refractivity (Wildman–Crippen MR) is 152 cm³/mol. The molecule has 0 bridgehead atoms. The molecular formula is C32H37N3O3. The zero-order valence-corrected chi connectivity index (χ0v) is 22.8. The van der Waals surface area contributed by atoms with Gasteiger partial charge in [-0.1, -0.05) is 38.1 Å². The van der Waals surface area contributed by atoms with Crippen LogP contribution in [0.3, 0.4) is 0 Å². The number of anilines is 1. The summed E-state index contributed by atoms with van der Waals surface area (Å²) in [5.74, 6) is 3.34. The summed E-state index contributed by atoms with van der Waals surface area (Å²) in [6.45, 7) is 11.1. The lowest BCUT2D eigenvalue weighted by Gasteiger charge is -2.18. The predicted octanol–water partition coefficient (Wildman–Crippen LogP) is 6.86. The Hall–Kier alpha value is -3.80. The summed E-state index contributed by atoms with van der Waals surface area (Å²) in [5, 5.41) is 0. The van der Waals surface area contributed by atoms with Gasteiger partial charge in [-0.3, -0.25) is 4.79 Å². The standard InChI is InChI=1S/C32H37N3O3/c1-5-37-26-14-12-25(13-15-26)35-21-24(20-31(35)36)32-33-28-9-6-7-10-29(28)34(32)17-8-18-38-30-19-23(4)11-16-27(30)22(2)3/h6-7,9-16,19,22,24H,5,8,17-18,20-21H2,1-4H3. The molecule has 1 fully saturated rings. The smallest absolute Gasteiger partial charge is 0.227 e. The van der Waals surface area contributed by atoms with Crippen molar-refractivity contribution in [3.63, 3.8) is 0 Å². The lowest BCUT2D eigenvalue weighted by molar-refractivity contribution is -0.117. The molecule has 2 heterocycles. The van der Waals surface area contributed by atoms with Gasteiger partial charge in [0.2, 0.25) is 5.91 Å². The lowest BCUT2D eigenvalue weighted by atomic mass is 10.0. The Labute approximate surface area is 225 Å². The highest BCUT2D eigenvalue weighted by Gasteiger charge is 2.34. The van der Waals surface area contributed by atoms with Crippen molar-refractivity contribution < 1.29 is 14.3 Å². The Bertz CT molecular complexity index is 1410. The van der Waals surface area contributed by atoms with Gasteiger partial charge in [0.05, 0.1) is 24.2 Å². The van der Waals surface area contributed by atoms with Crippen LogP contribution in [0.5, 0.6) is 11.5 Å². The highest BCUT2D eigenvalue weighted by atomic mass is 16.5. The maximum Gasteiger partial charge on any atom is 0.227 e. The van der Waals surface area contributed by atoms with E-state index in [-0.39, 0.29) is 11.8 Å². The molecular weight excluding hydrogens is 474 g/mol. The number of imidazole rings is 1. The number of aryl methyl sites for hydroxylation is 2. The number of benzene rings is 3. The van der Waals surface area contributed by atoms with Gasteiger partial charge in [0.1, 0.15) is 17.3 Å². The number of fused-ring (bicyclic) bond motifs is 1. The van der Waals surface area contributed by atoms with E-state index in [1.54, 1.807) is 0 Å². The molecule has 1 aliphatic heterocycles. The summed E-state index contributed by atoms with van der Waals surface area (Å²) in [6.07, 6.45) is 1.30. The monoisotopic (exact) mass is 511 g/mol. The Morgan fingerprint density at radius 1 is 1.03 bits per heavy atom. The van der Waals surface area contributed by atoms with Gasteiger partial charge in [-0.25, -0.2) is 4.98 Å². The largest absolute Gasteiger partial charge is 0.494 e. The van der Waals surface area contributed by atoms with E-state index in [9.17, 15) is 4.79 Å². The molecule has 6 heteroatoms. The summed E-state index contributed by atoms with van der Waals surface area (Å²) >= 11 is 0. The highest BCUT2D eigenvalue weighted by molar-refractivity contribution is 5.96. The van der Waals surface area contributed by atoms with E-state index in [1.165, 1.54) is 11.1 Å². The second-order valence-electron chi connectivity index (χ2n) is 10.3. The summed E-state index contributed by atoms with van der Waals surface area (Å²) in [4.78, 5) is 19.9. The number of hydrogen-bond acceptors (Lipinski definition) is 4. The van der Waals surface area contributed by atoms with Crippen molar-refractivity contribution >= 4 is 22.6 Å². The number of para-hydroxylation sites is 2. The summed E-state index contributed by atoms with van der Waals surface area (Å²) in [6, 6.07) is 22.5. The molecule has 0 N–H and O–H groups in total. The van der Waals surface area contributed by atoms with Crippen LogP contribution >= 0.6 is 0 Å². The van der Waals surface area contributed by atoms with E-state index < -0.39 is 0 Å². The fraction of sp³-hybridized carbons (Fsp3) is 0.375. The fourth-order valence-electron chi connectivity index (χ4n) is 5.31. The quantitative estimate of drug-likeness (QED) is 0.218. The third-order valence-electron chi connectivity index (χ3n) is 7.21. The number of aromatic nitrogens is 2. The second kappa shape index (κ2) is 11.3. The molecule has 5 rings (SSSR count). The molecule has 3 aromatic carbocycles. The maximum absolute atomic E-state index is 13.1. The van der Waals surface area contributed by atoms with Crippen LogP contribution < -0.4 is 14.4 Å². The van der Waals surface area contributed by atoms with E-state index in [1.807, 2.05) is 42.2 Å². The molecule has 1 amide bonds. The van der Waals surface area contributed by atoms with Crippen molar-refractivity contribution in [1.29, 1.82) is 0 Å².